The van der Waals surface area contributed by atoms with Crippen molar-refractivity contribution < 1.29 is 5.11 Å². The monoisotopic (exact) mass is 237 g/mol. The van der Waals surface area contributed by atoms with E-state index in [1.54, 1.807) is 0 Å². The van der Waals surface area contributed by atoms with E-state index in [0.717, 1.165) is 25.8 Å². The predicted octanol–water partition coefficient (Wildman–Crippen LogP) is 1.95. The maximum absolute atomic E-state index is 9.94. The zero-order chi connectivity index (χ0) is 12.4. The Kier molecular flexibility index (Phi) is 3.84. The Balaban J connectivity index is 2.20. The van der Waals surface area contributed by atoms with Gasteiger partial charge in [0, 0.05) is 17.3 Å². The second kappa shape index (κ2) is 5.19. The van der Waals surface area contributed by atoms with E-state index in [4.69, 9.17) is 0 Å². The Labute approximate surface area is 103 Å². The van der Waals surface area contributed by atoms with Gasteiger partial charge >= 0.3 is 0 Å². The minimum Gasteiger partial charge on any atom is -0.391 e. The second-order valence-corrected chi connectivity index (χ2v) is 4.97. The van der Waals surface area contributed by atoms with E-state index < -0.39 is 0 Å². The molecule has 2 rings (SSSR count). The first-order valence-electron chi connectivity index (χ1n) is 6.60. The number of aliphatic hydroxyl groups excluding tert-OH is 1. The van der Waals surface area contributed by atoms with E-state index in [2.05, 4.69) is 31.2 Å². The highest BCUT2D eigenvalue weighted by Gasteiger charge is 2.29. The van der Waals surface area contributed by atoms with E-state index in [-0.39, 0.29) is 12.1 Å². The Bertz CT molecular complexity index is 375. The number of hydrogen-bond acceptors (Lipinski definition) is 3. The molecular weight excluding hydrogens is 214 g/mol. The standard InChI is InChI=1S/C13H23N3O/c1-4-14-9(2)11-8-15-16(10(11)3)12-6-5-7-13(12)17/h8-9,12-14,17H,4-7H2,1-3H3. The number of hydrogen-bond donors (Lipinski definition) is 2. The van der Waals surface area contributed by atoms with Crippen LogP contribution in [0.25, 0.3) is 0 Å². The molecule has 1 aliphatic rings. The summed E-state index contributed by atoms with van der Waals surface area (Å²) >= 11 is 0. The molecule has 1 aliphatic carbocycles. The van der Waals surface area contributed by atoms with E-state index in [9.17, 15) is 5.11 Å². The Hall–Kier alpha value is -0.870. The van der Waals surface area contributed by atoms with Crippen LogP contribution in [-0.2, 0) is 0 Å². The summed E-state index contributed by atoms with van der Waals surface area (Å²) in [6.45, 7) is 7.32. The molecule has 1 aromatic heterocycles. The highest BCUT2D eigenvalue weighted by molar-refractivity contribution is 5.21. The van der Waals surface area contributed by atoms with E-state index in [1.165, 1.54) is 11.3 Å². The van der Waals surface area contributed by atoms with Crippen LogP contribution in [0.1, 0.15) is 56.5 Å². The smallest absolute Gasteiger partial charge is 0.0781 e. The predicted molar refractivity (Wildman–Crippen MR) is 68.0 cm³/mol. The number of aromatic nitrogens is 2. The molecule has 0 aromatic carbocycles. The van der Waals surface area contributed by atoms with Gasteiger partial charge in [-0.3, -0.25) is 4.68 Å². The van der Waals surface area contributed by atoms with Crippen molar-refractivity contribution in [1.82, 2.24) is 15.1 Å². The van der Waals surface area contributed by atoms with Crippen molar-refractivity contribution in [2.45, 2.75) is 58.2 Å². The quantitative estimate of drug-likeness (QED) is 0.841. The minimum atomic E-state index is -0.226. The van der Waals surface area contributed by atoms with Gasteiger partial charge in [-0.25, -0.2) is 0 Å². The first kappa shape index (κ1) is 12.6. The van der Waals surface area contributed by atoms with Gasteiger partial charge in [-0.2, -0.15) is 5.10 Å². The third-order valence-corrected chi connectivity index (χ3v) is 3.82. The normalized spacial score (nSPS) is 26.4. The molecule has 1 heterocycles. The molecule has 4 nitrogen and oxygen atoms in total. The van der Waals surface area contributed by atoms with Gasteiger partial charge in [0.25, 0.3) is 0 Å². The zero-order valence-corrected chi connectivity index (χ0v) is 11.0. The zero-order valence-electron chi connectivity index (χ0n) is 11.0. The van der Waals surface area contributed by atoms with Gasteiger partial charge in [0.1, 0.15) is 0 Å². The topological polar surface area (TPSA) is 50.1 Å². The number of aliphatic hydroxyl groups is 1. The van der Waals surface area contributed by atoms with Gasteiger partial charge in [0.15, 0.2) is 0 Å². The van der Waals surface area contributed by atoms with Crippen LogP contribution in [0.5, 0.6) is 0 Å². The van der Waals surface area contributed by atoms with Crippen LogP contribution in [-0.4, -0.2) is 27.5 Å². The lowest BCUT2D eigenvalue weighted by molar-refractivity contribution is 0.129. The molecule has 0 spiro atoms. The summed E-state index contributed by atoms with van der Waals surface area (Å²) < 4.78 is 2.01. The fourth-order valence-electron chi connectivity index (χ4n) is 2.82. The van der Waals surface area contributed by atoms with E-state index >= 15 is 0 Å². The minimum absolute atomic E-state index is 0.178. The average Bonchev–Trinajstić information content (AvgIpc) is 2.85. The number of nitrogens with zero attached hydrogens (tertiary/aromatic N) is 2. The molecule has 0 saturated heterocycles. The maximum atomic E-state index is 9.94. The molecule has 17 heavy (non-hydrogen) atoms. The van der Waals surface area contributed by atoms with Crippen LogP contribution >= 0.6 is 0 Å². The van der Waals surface area contributed by atoms with Crippen molar-refractivity contribution >= 4 is 0 Å². The average molecular weight is 237 g/mol. The number of rotatable bonds is 4. The van der Waals surface area contributed by atoms with E-state index in [1.807, 2.05) is 10.9 Å². The molecule has 2 N–H and O–H groups in total. The molecule has 0 amide bonds. The third kappa shape index (κ3) is 2.38. The Morgan fingerprint density at radius 3 is 2.94 bits per heavy atom. The molecule has 1 aromatic rings. The SMILES string of the molecule is CCNC(C)c1cnn(C2CCCC2O)c1C. The fraction of sp³-hybridized carbons (Fsp3) is 0.769. The number of nitrogens with one attached hydrogen (secondary N) is 1. The summed E-state index contributed by atoms with van der Waals surface area (Å²) in [5.74, 6) is 0. The fourth-order valence-corrected chi connectivity index (χ4v) is 2.82. The summed E-state index contributed by atoms with van der Waals surface area (Å²) in [5.41, 5.74) is 2.43. The van der Waals surface area contributed by atoms with Gasteiger partial charge in [0.05, 0.1) is 18.3 Å². The molecule has 1 saturated carbocycles. The van der Waals surface area contributed by atoms with Crippen molar-refractivity contribution in [3.63, 3.8) is 0 Å². The molecule has 3 atom stereocenters. The first-order valence-corrected chi connectivity index (χ1v) is 6.60. The van der Waals surface area contributed by atoms with Crippen molar-refractivity contribution in [3.8, 4) is 0 Å². The highest BCUT2D eigenvalue weighted by Crippen LogP contribution is 2.32. The van der Waals surface area contributed by atoms with Crippen molar-refractivity contribution in [1.29, 1.82) is 0 Å². The van der Waals surface area contributed by atoms with Crippen molar-refractivity contribution in [2.24, 2.45) is 0 Å². The molecular formula is C13H23N3O. The first-order chi connectivity index (χ1) is 8.15. The van der Waals surface area contributed by atoms with Crippen LogP contribution in [0.4, 0.5) is 0 Å². The van der Waals surface area contributed by atoms with Gasteiger partial charge < -0.3 is 10.4 Å². The van der Waals surface area contributed by atoms with E-state index in [0.29, 0.717) is 6.04 Å². The molecule has 0 bridgehead atoms. The molecule has 4 heteroatoms. The summed E-state index contributed by atoms with van der Waals surface area (Å²) in [4.78, 5) is 0. The van der Waals surface area contributed by atoms with Gasteiger partial charge in [0.2, 0.25) is 0 Å². The van der Waals surface area contributed by atoms with Crippen molar-refractivity contribution in [2.75, 3.05) is 6.54 Å². The van der Waals surface area contributed by atoms with Crippen LogP contribution in [0.2, 0.25) is 0 Å². The maximum Gasteiger partial charge on any atom is 0.0781 e. The van der Waals surface area contributed by atoms with Gasteiger partial charge in [-0.15, -0.1) is 0 Å². The lowest BCUT2D eigenvalue weighted by Crippen LogP contribution is -2.22. The molecule has 1 fully saturated rings. The molecule has 3 unspecified atom stereocenters. The van der Waals surface area contributed by atoms with Crippen LogP contribution in [0.3, 0.4) is 0 Å². The lowest BCUT2D eigenvalue weighted by Gasteiger charge is -2.18. The van der Waals surface area contributed by atoms with Crippen LogP contribution < -0.4 is 5.32 Å². The highest BCUT2D eigenvalue weighted by atomic mass is 16.3. The van der Waals surface area contributed by atoms with Gasteiger partial charge in [-0.05, 0) is 39.7 Å². The summed E-state index contributed by atoms with van der Waals surface area (Å²) in [7, 11) is 0. The summed E-state index contributed by atoms with van der Waals surface area (Å²) in [6, 6.07) is 0.505. The lowest BCUT2D eigenvalue weighted by atomic mass is 10.1. The Morgan fingerprint density at radius 1 is 1.59 bits per heavy atom. The third-order valence-electron chi connectivity index (χ3n) is 3.82. The summed E-state index contributed by atoms with van der Waals surface area (Å²) in [6.07, 6.45) is 4.76. The second-order valence-electron chi connectivity index (χ2n) is 4.97. The molecule has 96 valence electrons. The molecule has 0 aliphatic heterocycles. The Morgan fingerprint density at radius 2 is 2.35 bits per heavy atom. The van der Waals surface area contributed by atoms with Gasteiger partial charge in [-0.1, -0.05) is 6.92 Å². The van der Waals surface area contributed by atoms with Crippen LogP contribution in [0, 0.1) is 6.92 Å². The van der Waals surface area contributed by atoms with Crippen molar-refractivity contribution in [3.05, 3.63) is 17.5 Å². The largest absolute Gasteiger partial charge is 0.391 e. The molecule has 0 radical (unpaired) electrons. The van der Waals surface area contributed by atoms with Crippen LogP contribution in [0.15, 0.2) is 6.20 Å². The summed E-state index contributed by atoms with van der Waals surface area (Å²) in [5, 5.41) is 17.8.